The monoisotopic (exact) mass is 472 g/mol. The van der Waals surface area contributed by atoms with Gasteiger partial charge in [0.05, 0.1) is 5.92 Å². The van der Waals surface area contributed by atoms with Crippen LogP contribution in [0.5, 0.6) is 0 Å². The summed E-state index contributed by atoms with van der Waals surface area (Å²) in [5.41, 5.74) is 4.68. The molecule has 0 aliphatic carbocycles. The Morgan fingerprint density at radius 2 is 1.93 bits per heavy atom. The van der Waals surface area contributed by atoms with Crippen LogP contribution in [-0.2, 0) is 25.5 Å². The predicted octanol–water partition coefficient (Wildman–Crippen LogP) is 4.16. The zero-order chi connectivity index (χ0) is 21.8. The highest BCUT2D eigenvalue weighted by molar-refractivity contribution is 9.10. The van der Waals surface area contributed by atoms with Crippen molar-refractivity contribution in [3.63, 3.8) is 0 Å². The van der Waals surface area contributed by atoms with Gasteiger partial charge in [0.25, 0.3) is 5.91 Å². The van der Waals surface area contributed by atoms with Crippen LogP contribution in [0.1, 0.15) is 30.0 Å². The van der Waals surface area contributed by atoms with Gasteiger partial charge in [0, 0.05) is 28.8 Å². The number of rotatable bonds is 6. The number of carbonyl (C=O) groups is 3. The SMILES string of the molecule is CCc1cc(Br)ccc1NC(=O)COC(=O)[C@@H]1CC(=O)N(c2ccc(C)c(C)c2)C1. The van der Waals surface area contributed by atoms with E-state index < -0.39 is 17.8 Å². The zero-order valence-corrected chi connectivity index (χ0v) is 18.9. The highest BCUT2D eigenvalue weighted by Crippen LogP contribution is 2.27. The van der Waals surface area contributed by atoms with Crippen LogP contribution < -0.4 is 10.2 Å². The minimum Gasteiger partial charge on any atom is -0.455 e. The molecular weight excluding hydrogens is 448 g/mol. The predicted molar refractivity (Wildman–Crippen MR) is 119 cm³/mol. The highest BCUT2D eigenvalue weighted by atomic mass is 79.9. The molecule has 0 saturated carbocycles. The van der Waals surface area contributed by atoms with Gasteiger partial charge in [-0.25, -0.2) is 0 Å². The molecule has 3 rings (SSSR count). The number of nitrogens with zero attached hydrogens (tertiary/aromatic N) is 1. The van der Waals surface area contributed by atoms with E-state index in [1.807, 2.05) is 51.1 Å². The molecule has 1 atom stereocenters. The number of hydrogen-bond acceptors (Lipinski definition) is 4. The van der Waals surface area contributed by atoms with Gasteiger partial charge in [0.2, 0.25) is 5.91 Å². The van der Waals surface area contributed by atoms with E-state index in [1.165, 1.54) is 0 Å². The maximum absolute atomic E-state index is 12.4. The van der Waals surface area contributed by atoms with Crippen molar-refractivity contribution >= 4 is 45.1 Å². The van der Waals surface area contributed by atoms with Crippen molar-refractivity contribution in [3.8, 4) is 0 Å². The second-order valence-corrected chi connectivity index (χ2v) is 8.40. The summed E-state index contributed by atoms with van der Waals surface area (Å²) in [7, 11) is 0. The minimum absolute atomic E-state index is 0.0834. The summed E-state index contributed by atoms with van der Waals surface area (Å²) in [5.74, 6) is -1.63. The maximum atomic E-state index is 12.4. The third-order valence-electron chi connectivity index (χ3n) is 5.33. The third-order valence-corrected chi connectivity index (χ3v) is 5.82. The van der Waals surface area contributed by atoms with Gasteiger partial charge in [-0.2, -0.15) is 0 Å². The van der Waals surface area contributed by atoms with Crippen molar-refractivity contribution in [3.05, 3.63) is 57.6 Å². The van der Waals surface area contributed by atoms with Crippen LogP contribution in [-0.4, -0.2) is 30.9 Å². The number of carbonyl (C=O) groups excluding carboxylic acids is 3. The number of aryl methyl sites for hydroxylation is 3. The molecular formula is C23H25BrN2O4. The molecule has 1 aliphatic heterocycles. The number of anilines is 2. The summed E-state index contributed by atoms with van der Waals surface area (Å²) in [6.45, 7) is 5.86. The first-order valence-corrected chi connectivity index (χ1v) is 10.7. The van der Waals surface area contributed by atoms with Gasteiger partial charge in [0.15, 0.2) is 6.61 Å². The molecule has 158 valence electrons. The summed E-state index contributed by atoms with van der Waals surface area (Å²) >= 11 is 3.41. The van der Waals surface area contributed by atoms with Gasteiger partial charge in [-0.1, -0.05) is 28.9 Å². The van der Waals surface area contributed by atoms with Crippen LogP contribution in [0.4, 0.5) is 11.4 Å². The Morgan fingerprint density at radius 1 is 1.17 bits per heavy atom. The Bertz CT molecular complexity index is 989. The molecule has 2 aromatic carbocycles. The number of nitrogens with one attached hydrogen (secondary N) is 1. The van der Waals surface area contributed by atoms with Crippen LogP contribution in [0.3, 0.4) is 0 Å². The number of hydrogen-bond donors (Lipinski definition) is 1. The van der Waals surface area contributed by atoms with Gasteiger partial charge in [0.1, 0.15) is 0 Å². The van der Waals surface area contributed by atoms with Gasteiger partial charge in [-0.3, -0.25) is 14.4 Å². The van der Waals surface area contributed by atoms with Crippen LogP contribution in [0.25, 0.3) is 0 Å². The second kappa shape index (κ2) is 9.43. The van der Waals surface area contributed by atoms with Crippen molar-refractivity contribution in [2.75, 3.05) is 23.4 Å². The summed E-state index contributed by atoms with van der Waals surface area (Å²) < 4.78 is 6.13. The number of ether oxygens (including phenoxy) is 1. The molecule has 0 unspecified atom stereocenters. The Hall–Kier alpha value is -2.67. The minimum atomic E-state index is -0.578. The summed E-state index contributed by atoms with van der Waals surface area (Å²) in [6.07, 6.45) is 0.841. The van der Waals surface area contributed by atoms with Crippen LogP contribution in [0.2, 0.25) is 0 Å². The molecule has 7 heteroatoms. The smallest absolute Gasteiger partial charge is 0.311 e. The molecule has 30 heavy (non-hydrogen) atoms. The molecule has 6 nitrogen and oxygen atoms in total. The number of esters is 1. The molecule has 1 N–H and O–H groups in total. The molecule has 1 aliphatic rings. The van der Waals surface area contributed by atoms with E-state index in [1.54, 1.807) is 11.0 Å². The fraction of sp³-hybridized carbons (Fsp3) is 0.348. The molecule has 1 saturated heterocycles. The van der Waals surface area contributed by atoms with E-state index in [0.29, 0.717) is 5.69 Å². The van der Waals surface area contributed by atoms with E-state index in [2.05, 4.69) is 21.2 Å². The summed E-state index contributed by atoms with van der Waals surface area (Å²) in [6, 6.07) is 11.4. The lowest BCUT2D eigenvalue weighted by molar-refractivity contribution is -0.151. The fourth-order valence-corrected chi connectivity index (χ4v) is 3.83. The van der Waals surface area contributed by atoms with Crippen molar-refractivity contribution in [1.82, 2.24) is 0 Å². The summed E-state index contributed by atoms with van der Waals surface area (Å²) in [4.78, 5) is 38.7. The third kappa shape index (κ3) is 5.08. The van der Waals surface area contributed by atoms with E-state index in [-0.39, 0.29) is 25.5 Å². The van der Waals surface area contributed by atoms with Crippen molar-refractivity contribution < 1.29 is 19.1 Å². The van der Waals surface area contributed by atoms with E-state index in [4.69, 9.17) is 4.74 Å². The van der Waals surface area contributed by atoms with E-state index >= 15 is 0 Å². The molecule has 0 radical (unpaired) electrons. The van der Waals surface area contributed by atoms with Gasteiger partial charge in [-0.05, 0) is 67.3 Å². The number of benzene rings is 2. The average molecular weight is 473 g/mol. The first-order chi connectivity index (χ1) is 14.3. The van der Waals surface area contributed by atoms with Crippen LogP contribution >= 0.6 is 15.9 Å². The van der Waals surface area contributed by atoms with Gasteiger partial charge >= 0.3 is 5.97 Å². The Labute approximate surface area is 184 Å². The molecule has 2 amide bonds. The second-order valence-electron chi connectivity index (χ2n) is 7.48. The number of halogens is 1. The average Bonchev–Trinajstić information content (AvgIpc) is 3.11. The maximum Gasteiger partial charge on any atom is 0.311 e. The first kappa shape index (κ1) is 22.0. The van der Waals surface area contributed by atoms with E-state index in [9.17, 15) is 14.4 Å². The lowest BCUT2D eigenvalue weighted by atomic mass is 10.1. The Morgan fingerprint density at radius 3 is 2.63 bits per heavy atom. The molecule has 0 bridgehead atoms. The topological polar surface area (TPSA) is 75.7 Å². The first-order valence-electron chi connectivity index (χ1n) is 9.91. The lowest BCUT2D eigenvalue weighted by Gasteiger charge is -2.18. The quantitative estimate of drug-likeness (QED) is 0.640. The lowest BCUT2D eigenvalue weighted by Crippen LogP contribution is -2.28. The Kier molecular flexibility index (Phi) is 6.92. The molecule has 0 aromatic heterocycles. The molecule has 1 heterocycles. The van der Waals surface area contributed by atoms with Crippen molar-refractivity contribution in [2.24, 2.45) is 5.92 Å². The van der Waals surface area contributed by atoms with Crippen LogP contribution in [0, 0.1) is 19.8 Å². The van der Waals surface area contributed by atoms with Gasteiger partial charge < -0.3 is 15.0 Å². The fourth-order valence-electron chi connectivity index (χ4n) is 3.43. The largest absolute Gasteiger partial charge is 0.455 e. The standard InChI is InChI=1S/C23H25BrN2O4/c1-4-16-10-18(24)6-8-20(16)25-21(27)13-30-23(29)17-11-22(28)26(12-17)19-7-5-14(2)15(3)9-19/h5-10,17H,4,11-13H2,1-3H3,(H,25,27)/t17-/m1/s1. The highest BCUT2D eigenvalue weighted by Gasteiger charge is 2.36. The molecule has 2 aromatic rings. The Balaban J connectivity index is 1.55. The van der Waals surface area contributed by atoms with E-state index in [0.717, 1.165) is 33.3 Å². The normalized spacial score (nSPS) is 15.9. The van der Waals surface area contributed by atoms with Crippen LogP contribution in [0.15, 0.2) is 40.9 Å². The molecule has 1 fully saturated rings. The van der Waals surface area contributed by atoms with Crippen molar-refractivity contribution in [1.29, 1.82) is 0 Å². The molecule has 0 spiro atoms. The summed E-state index contributed by atoms with van der Waals surface area (Å²) in [5, 5.41) is 2.78. The van der Waals surface area contributed by atoms with Crippen molar-refractivity contribution in [2.45, 2.75) is 33.6 Å². The zero-order valence-electron chi connectivity index (χ0n) is 17.3. The number of amides is 2. The van der Waals surface area contributed by atoms with Gasteiger partial charge in [-0.15, -0.1) is 0 Å².